The Balaban J connectivity index is 3.98. The first-order valence-corrected chi connectivity index (χ1v) is 23.1. The molecule has 298 valence electrons. The van der Waals surface area contributed by atoms with E-state index in [-0.39, 0.29) is 6.42 Å². The lowest BCUT2D eigenvalue weighted by Crippen LogP contribution is -2.50. The minimum Gasteiger partial charge on any atom is -0.387 e. The number of hydrogen-bond donors (Lipinski definition) is 4. The molecule has 50 heavy (non-hydrogen) atoms. The summed E-state index contributed by atoms with van der Waals surface area (Å²) in [5.41, 5.74) is 0. The Morgan fingerprint density at radius 3 is 1.20 bits per heavy atom. The van der Waals surface area contributed by atoms with E-state index in [0.717, 1.165) is 38.5 Å². The van der Waals surface area contributed by atoms with Crippen molar-refractivity contribution in [1.29, 1.82) is 0 Å². The molecule has 7 nitrogen and oxygen atoms in total. The van der Waals surface area contributed by atoms with Crippen LogP contribution in [0.2, 0.25) is 0 Å². The van der Waals surface area contributed by atoms with E-state index in [1.807, 2.05) is 6.08 Å². The molecule has 0 aliphatic rings. The maximum absolute atomic E-state index is 12.6. The van der Waals surface area contributed by atoms with E-state index in [1.165, 1.54) is 167 Å². The number of nitrogens with one attached hydrogen (secondary N) is 1. The first-order valence-electron chi connectivity index (χ1n) is 21.5. The quantitative estimate of drug-likeness (QED) is 0.0284. The van der Waals surface area contributed by atoms with Gasteiger partial charge in [0.05, 0.1) is 17.9 Å². The summed E-state index contributed by atoms with van der Waals surface area (Å²) in [5, 5.41) is 23.4. The van der Waals surface area contributed by atoms with Gasteiger partial charge in [0.1, 0.15) is 6.10 Å². The van der Waals surface area contributed by atoms with Gasteiger partial charge in [-0.3, -0.25) is 9.35 Å². The van der Waals surface area contributed by atoms with Crippen LogP contribution in [0.1, 0.15) is 226 Å². The highest BCUT2D eigenvalue weighted by molar-refractivity contribution is 7.85. The Morgan fingerprint density at radius 2 is 0.860 bits per heavy atom. The summed E-state index contributed by atoms with van der Waals surface area (Å²) in [5.74, 6) is -1.52. The number of amides is 1. The van der Waals surface area contributed by atoms with E-state index in [0.29, 0.717) is 6.42 Å². The van der Waals surface area contributed by atoms with Crippen LogP contribution in [0.5, 0.6) is 0 Å². The van der Waals surface area contributed by atoms with Gasteiger partial charge in [0.25, 0.3) is 10.1 Å². The Labute approximate surface area is 310 Å². The number of unbranched alkanes of at least 4 members (excludes halogenated alkanes) is 30. The molecular formula is C42H83NO6S. The summed E-state index contributed by atoms with van der Waals surface area (Å²) < 4.78 is 32.5. The molecule has 8 heteroatoms. The zero-order valence-corrected chi connectivity index (χ0v) is 33.7. The minimum atomic E-state index is -4.44. The fourth-order valence-electron chi connectivity index (χ4n) is 6.75. The number of aliphatic hydroxyl groups is 2. The molecule has 0 bridgehead atoms. The molecule has 0 aliphatic heterocycles. The molecule has 0 aromatic carbocycles. The monoisotopic (exact) mass is 730 g/mol. The molecule has 0 saturated carbocycles. The van der Waals surface area contributed by atoms with Gasteiger partial charge in [-0.2, -0.15) is 8.42 Å². The molecule has 1 amide bonds. The Bertz CT molecular complexity index is 864. The maximum atomic E-state index is 12.6. The van der Waals surface area contributed by atoms with Crippen LogP contribution < -0.4 is 5.32 Å². The smallest absolute Gasteiger partial charge is 0.267 e. The van der Waals surface area contributed by atoms with Gasteiger partial charge in [0.2, 0.25) is 5.91 Å². The van der Waals surface area contributed by atoms with Gasteiger partial charge >= 0.3 is 0 Å². The van der Waals surface area contributed by atoms with Gasteiger partial charge in [-0.25, -0.2) is 0 Å². The van der Waals surface area contributed by atoms with Crippen LogP contribution in [0.25, 0.3) is 0 Å². The van der Waals surface area contributed by atoms with Gasteiger partial charge in [-0.1, -0.05) is 219 Å². The molecule has 0 fully saturated rings. The van der Waals surface area contributed by atoms with Crippen molar-refractivity contribution in [2.24, 2.45) is 0 Å². The average molecular weight is 730 g/mol. The molecule has 0 aromatic rings. The van der Waals surface area contributed by atoms with Crippen molar-refractivity contribution < 1.29 is 28.0 Å². The summed E-state index contributed by atoms with van der Waals surface area (Å²) in [6.07, 6.45) is 41.2. The second-order valence-corrected chi connectivity index (χ2v) is 16.6. The van der Waals surface area contributed by atoms with E-state index < -0.39 is 40.0 Å². The van der Waals surface area contributed by atoms with E-state index in [1.54, 1.807) is 0 Å². The van der Waals surface area contributed by atoms with Crippen molar-refractivity contribution in [2.75, 3.05) is 5.75 Å². The lowest BCUT2D eigenvalue weighted by Gasteiger charge is -2.22. The summed E-state index contributed by atoms with van der Waals surface area (Å²) in [6.45, 7) is 4.52. The van der Waals surface area contributed by atoms with Gasteiger partial charge in [0.15, 0.2) is 0 Å². The fraction of sp³-hybridized carbons (Fsp3) is 0.929. The van der Waals surface area contributed by atoms with Crippen LogP contribution >= 0.6 is 0 Å². The SMILES string of the molecule is CCCCCCCCCCCCCCCC/C=C/C(O)C(CS(=O)(=O)O)NC(=O)C(O)CCCCCCCCCCCCCCCCCCC. The van der Waals surface area contributed by atoms with Crippen molar-refractivity contribution >= 4 is 16.0 Å². The fourth-order valence-corrected chi connectivity index (χ4v) is 7.49. The molecule has 0 heterocycles. The van der Waals surface area contributed by atoms with Crippen molar-refractivity contribution in [1.82, 2.24) is 5.32 Å². The topological polar surface area (TPSA) is 124 Å². The van der Waals surface area contributed by atoms with E-state index in [2.05, 4.69) is 19.2 Å². The number of hydrogen-bond acceptors (Lipinski definition) is 5. The molecule has 0 aromatic heterocycles. The van der Waals surface area contributed by atoms with Crippen molar-refractivity contribution in [2.45, 2.75) is 244 Å². The highest BCUT2D eigenvalue weighted by Crippen LogP contribution is 2.16. The second-order valence-electron chi connectivity index (χ2n) is 15.1. The largest absolute Gasteiger partial charge is 0.387 e. The van der Waals surface area contributed by atoms with E-state index >= 15 is 0 Å². The van der Waals surface area contributed by atoms with E-state index in [4.69, 9.17) is 0 Å². The van der Waals surface area contributed by atoms with Crippen LogP contribution in [0.15, 0.2) is 12.2 Å². The summed E-state index contributed by atoms with van der Waals surface area (Å²) in [7, 11) is -4.44. The summed E-state index contributed by atoms with van der Waals surface area (Å²) in [4.78, 5) is 12.6. The van der Waals surface area contributed by atoms with Crippen LogP contribution in [0.3, 0.4) is 0 Å². The third-order valence-electron chi connectivity index (χ3n) is 10.1. The number of rotatable bonds is 39. The molecule has 0 saturated heterocycles. The number of carbonyl (C=O) groups excluding carboxylic acids is 1. The molecule has 3 atom stereocenters. The molecule has 0 rings (SSSR count). The Kier molecular flexibility index (Phi) is 35.7. The number of carbonyl (C=O) groups is 1. The van der Waals surface area contributed by atoms with Crippen molar-refractivity contribution in [3.63, 3.8) is 0 Å². The predicted octanol–water partition coefficient (Wildman–Crippen LogP) is 11.6. The third-order valence-corrected chi connectivity index (χ3v) is 10.9. The number of allylic oxidation sites excluding steroid dienone is 1. The Morgan fingerprint density at radius 1 is 0.540 bits per heavy atom. The summed E-state index contributed by atoms with van der Waals surface area (Å²) >= 11 is 0. The lowest BCUT2D eigenvalue weighted by atomic mass is 10.0. The zero-order chi connectivity index (χ0) is 37.0. The lowest BCUT2D eigenvalue weighted by molar-refractivity contribution is -0.130. The second kappa shape index (κ2) is 36.4. The highest BCUT2D eigenvalue weighted by atomic mass is 32.2. The van der Waals surface area contributed by atoms with Crippen LogP contribution in [-0.2, 0) is 14.9 Å². The molecule has 4 N–H and O–H groups in total. The predicted molar refractivity (Wildman–Crippen MR) is 213 cm³/mol. The van der Waals surface area contributed by atoms with Gasteiger partial charge in [-0.05, 0) is 19.3 Å². The minimum absolute atomic E-state index is 0.286. The Hall–Kier alpha value is -0.960. The molecule has 0 radical (unpaired) electrons. The van der Waals surface area contributed by atoms with Gasteiger partial charge in [0, 0.05) is 0 Å². The number of aliphatic hydroxyl groups excluding tert-OH is 2. The normalized spacial score (nSPS) is 13.9. The van der Waals surface area contributed by atoms with Gasteiger partial charge < -0.3 is 15.5 Å². The molecule has 0 spiro atoms. The van der Waals surface area contributed by atoms with Crippen molar-refractivity contribution in [3.05, 3.63) is 12.2 Å². The third kappa shape index (κ3) is 35.4. The highest BCUT2D eigenvalue weighted by Gasteiger charge is 2.27. The standard InChI is InChI=1S/C42H83NO6S/c1-3-5-7-9-11-13-15-17-19-21-23-25-27-29-31-33-35-37-41(45)42(46)43-39(38-50(47,48)49)40(44)36-34-32-30-28-26-24-22-20-18-16-14-12-10-8-6-4-2/h34,36,39-41,44-45H,3-33,35,37-38H2,1-2H3,(H,43,46)(H,47,48,49)/b36-34+. The first-order chi connectivity index (χ1) is 24.2. The van der Waals surface area contributed by atoms with Gasteiger partial charge in [-0.15, -0.1) is 0 Å². The average Bonchev–Trinajstić information content (AvgIpc) is 3.08. The molecule has 3 unspecified atom stereocenters. The maximum Gasteiger partial charge on any atom is 0.267 e. The molecule has 0 aliphatic carbocycles. The zero-order valence-electron chi connectivity index (χ0n) is 32.9. The first kappa shape index (κ1) is 49.0. The van der Waals surface area contributed by atoms with Crippen LogP contribution in [-0.4, -0.2) is 53.1 Å². The van der Waals surface area contributed by atoms with Crippen molar-refractivity contribution in [3.8, 4) is 0 Å². The summed E-state index contributed by atoms with van der Waals surface area (Å²) in [6, 6.07) is -1.23. The molecular weight excluding hydrogens is 647 g/mol. The van der Waals surface area contributed by atoms with Crippen LogP contribution in [0, 0.1) is 0 Å². The van der Waals surface area contributed by atoms with Crippen LogP contribution in [0.4, 0.5) is 0 Å². The van der Waals surface area contributed by atoms with E-state index in [9.17, 15) is 28.0 Å².